The summed E-state index contributed by atoms with van der Waals surface area (Å²) in [7, 11) is -2.67. The number of nitrogens with one attached hydrogen (secondary N) is 1. The Balaban J connectivity index is 2.44. The molecule has 0 atom stereocenters. The van der Waals surface area contributed by atoms with Crippen molar-refractivity contribution in [2.45, 2.75) is 31.6 Å². The molecule has 0 unspecified atom stereocenters. The molecule has 7 heteroatoms. The number of aryl methyl sites for hydroxylation is 1. The highest BCUT2D eigenvalue weighted by Crippen LogP contribution is 2.29. The molecule has 25 heavy (non-hydrogen) atoms. The molecular formula is C18H22N2O4S. The molecule has 0 heterocycles. The van der Waals surface area contributed by atoms with Gasteiger partial charge < -0.3 is 10.1 Å². The summed E-state index contributed by atoms with van der Waals surface area (Å²) in [5.41, 5.74) is 2.85. The number of amides is 1. The molecule has 6 nitrogen and oxygen atoms in total. The fourth-order valence-electron chi connectivity index (χ4n) is 2.57. The number of hydrogen-bond acceptors (Lipinski definition) is 4. The summed E-state index contributed by atoms with van der Waals surface area (Å²) < 4.78 is 28.4. The van der Waals surface area contributed by atoms with Gasteiger partial charge in [-0.05, 0) is 42.2 Å². The molecule has 0 fully saturated rings. The minimum absolute atomic E-state index is 0.0952. The van der Waals surface area contributed by atoms with E-state index in [4.69, 9.17) is 9.88 Å². The van der Waals surface area contributed by atoms with Crippen molar-refractivity contribution in [2.24, 2.45) is 5.14 Å². The van der Waals surface area contributed by atoms with Crippen LogP contribution in [0.1, 0.15) is 41.3 Å². The van der Waals surface area contributed by atoms with Crippen molar-refractivity contribution in [3.63, 3.8) is 0 Å². The standard InChI is InChI=1S/C18H22N2O4S/c1-11(2)14-7-5-6-12(3)17(14)20-18(21)13-8-9-15(24-4)16(10-13)25(19,22)23/h5-11H,1-4H3,(H,20,21)(H2,19,22,23). The second-order valence-electron chi connectivity index (χ2n) is 6.06. The van der Waals surface area contributed by atoms with Crippen molar-refractivity contribution in [1.29, 1.82) is 0 Å². The van der Waals surface area contributed by atoms with Gasteiger partial charge in [0.1, 0.15) is 10.6 Å². The van der Waals surface area contributed by atoms with E-state index in [0.717, 1.165) is 16.8 Å². The lowest BCUT2D eigenvalue weighted by Crippen LogP contribution is -2.18. The van der Waals surface area contributed by atoms with Gasteiger partial charge in [0, 0.05) is 11.3 Å². The summed E-state index contributed by atoms with van der Waals surface area (Å²) in [4.78, 5) is 12.4. The Hall–Kier alpha value is -2.38. The fourth-order valence-corrected chi connectivity index (χ4v) is 3.29. The molecule has 0 aliphatic rings. The van der Waals surface area contributed by atoms with Crippen LogP contribution in [0.5, 0.6) is 5.75 Å². The maximum atomic E-state index is 12.6. The number of methoxy groups -OCH3 is 1. The predicted molar refractivity (Wildman–Crippen MR) is 97.6 cm³/mol. The Labute approximate surface area is 148 Å². The van der Waals surface area contributed by atoms with Crippen molar-refractivity contribution < 1.29 is 17.9 Å². The highest BCUT2D eigenvalue weighted by atomic mass is 32.2. The van der Waals surface area contributed by atoms with Crippen molar-refractivity contribution in [3.8, 4) is 5.75 Å². The first-order chi connectivity index (χ1) is 11.6. The minimum Gasteiger partial charge on any atom is -0.495 e. The van der Waals surface area contributed by atoms with Crippen LogP contribution in [-0.2, 0) is 10.0 Å². The zero-order chi connectivity index (χ0) is 18.8. The first kappa shape index (κ1) is 19.0. The van der Waals surface area contributed by atoms with Crippen LogP contribution in [0.25, 0.3) is 0 Å². The lowest BCUT2D eigenvalue weighted by molar-refractivity contribution is 0.102. The predicted octanol–water partition coefficient (Wildman–Crippen LogP) is 3.03. The van der Waals surface area contributed by atoms with E-state index in [1.54, 1.807) is 0 Å². The maximum absolute atomic E-state index is 12.6. The molecule has 0 aromatic heterocycles. The van der Waals surface area contributed by atoms with Gasteiger partial charge in [-0.1, -0.05) is 32.0 Å². The Morgan fingerprint density at radius 3 is 2.44 bits per heavy atom. The Kier molecular flexibility index (Phi) is 5.49. The highest BCUT2D eigenvalue weighted by molar-refractivity contribution is 7.89. The fraction of sp³-hybridized carbons (Fsp3) is 0.278. The largest absolute Gasteiger partial charge is 0.495 e. The topological polar surface area (TPSA) is 98.5 Å². The second kappa shape index (κ2) is 7.25. The van der Waals surface area contributed by atoms with Crippen LogP contribution in [0.4, 0.5) is 5.69 Å². The third kappa shape index (κ3) is 4.18. The van der Waals surface area contributed by atoms with E-state index in [1.807, 2.05) is 39.0 Å². The molecule has 0 bridgehead atoms. The molecule has 0 spiro atoms. The molecule has 3 N–H and O–H groups in total. The third-order valence-corrected chi connectivity index (χ3v) is 4.83. The Morgan fingerprint density at radius 2 is 1.88 bits per heavy atom. The van der Waals surface area contributed by atoms with Crippen LogP contribution in [0.15, 0.2) is 41.3 Å². The molecule has 134 valence electrons. The van der Waals surface area contributed by atoms with E-state index in [9.17, 15) is 13.2 Å². The van der Waals surface area contributed by atoms with Crippen LogP contribution in [-0.4, -0.2) is 21.4 Å². The number of rotatable bonds is 5. The van der Waals surface area contributed by atoms with E-state index in [0.29, 0.717) is 0 Å². The monoisotopic (exact) mass is 362 g/mol. The number of sulfonamides is 1. The summed E-state index contributed by atoms with van der Waals surface area (Å²) in [5, 5.41) is 8.08. The Morgan fingerprint density at radius 1 is 1.20 bits per heavy atom. The van der Waals surface area contributed by atoms with Crippen LogP contribution < -0.4 is 15.2 Å². The molecular weight excluding hydrogens is 340 g/mol. The summed E-state index contributed by atoms with van der Waals surface area (Å²) in [6, 6.07) is 9.93. The van der Waals surface area contributed by atoms with Gasteiger partial charge in [-0.3, -0.25) is 4.79 Å². The van der Waals surface area contributed by atoms with Crippen LogP contribution in [0, 0.1) is 6.92 Å². The summed E-state index contributed by atoms with van der Waals surface area (Å²) in [6.45, 7) is 5.99. The first-order valence-electron chi connectivity index (χ1n) is 7.77. The van der Waals surface area contributed by atoms with Crippen LogP contribution >= 0.6 is 0 Å². The van der Waals surface area contributed by atoms with Gasteiger partial charge in [-0.25, -0.2) is 13.6 Å². The summed E-state index contributed by atoms with van der Waals surface area (Å²) in [6.07, 6.45) is 0. The average molecular weight is 362 g/mol. The second-order valence-corrected chi connectivity index (χ2v) is 7.59. The van der Waals surface area contributed by atoms with Gasteiger partial charge in [0.15, 0.2) is 0 Å². The van der Waals surface area contributed by atoms with E-state index >= 15 is 0 Å². The third-order valence-electron chi connectivity index (χ3n) is 3.90. The van der Waals surface area contributed by atoms with Crippen molar-refractivity contribution >= 4 is 21.6 Å². The number of primary sulfonamides is 1. The zero-order valence-electron chi connectivity index (χ0n) is 14.7. The lowest BCUT2D eigenvalue weighted by Gasteiger charge is -2.17. The number of ether oxygens (including phenoxy) is 1. The number of benzene rings is 2. The number of hydrogen-bond donors (Lipinski definition) is 2. The van der Waals surface area contributed by atoms with Gasteiger partial charge >= 0.3 is 0 Å². The molecule has 2 aromatic carbocycles. The molecule has 0 aliphatic heterocycles. The average Bonchev–Trinajstić information content (AvgIpc) is 2.54. The lowest BCUT2D eigenvalue weighted by atomic mass is 9.98. The summed E-state index contributed by atoms with van der Waals surface area (Å²) in [5.74, 6) is -0.0902. The highest BCUT2D eigenvalue weighted by Gasteiger charge is 2.19. The molecule has 1 amide bonds. The minimum atomic E-state index is -4.01. The molecule has 0 saturated heterocycles. The smallest absolute Gasteiger partial charge is 0.255 e. The molecule has 2 rings (SSSR count). The molecule has 0 radical (unpaired) electrons. The van der Waals surface area contributed by atoms with Crippen molar-refractivity contribution in [2.75, 3.05) is 12.4 Å². The number of anilines is 1. The number of carbonyl (C=O) groups is 1. The van der Waals surface area contributed by atoms with E-state index in [-0.39, 0.29) is 22.1 Å². The number of para-hydroxylation sites is 1. The summed E-state index contributed by atoms with van der Waals surface area (Å²) >= 11 is 0. The molecule has 0 aliphatic carbocycles. The van der Waals surface area contributed by atoms with Crippen LogP contribution in [0.2, 0.25) is 0 Å². The van der Waals surface area contributed by atoms with Crippen LogP contribution in [0.3, 0.4) is 0 Å². The first-order valence-corrected chi connectivity index (χ1v) is 9.31. The number of carbonyl (C=O) groups excluding carboxylic acids is 1. The van der Waals surface area contributed by atoms with E-state index in [2.05, 4.69) is 5.32 Å². The SMILES string of the molecule is COc1ccc(C(=O)Nc2c(C)cccc2C(C)C)cc1S(N)(=O)=O. The van der Waals surface area contributed by atoms with Gasteiger partial charge in [0.25, 0.3) is 5.91 Å². The molecule has 2 aromatic rings. The Bertz CT molecular complexity index is 905. The van der Waals surface area contributed by atoms with Crippen molar-refractivity contribution in [1.82, 2.24) is 0 Å². The van der Waals surface area contributed by atoms with E-state index < -0.39 is 15.9 Å². The van der Waals surface area contributed by atoms with Gasteiger partial charge in [-0.2, -0.15) is 0 Å². The normalized spacial score (nSPS) is 11.4. The molecule has 0 saturated carbocycles. The zero-order valence-corrected chi connectivity index (χ0v) is 15.5. The van der Waals surface area contributed by atoms with Crippen molar-refractivity contribution in [3.05, 3.63) is 53.1 Å². The van der Waals surface area contributed by atoms with E-state index in [1.165, 1.54) is 25.3 Å². The maximum Gasteiger partial charge on any atom is 0.255 e. The van der Waals surface area contributed by atoms with Gasteiger partial charge in [0.05, 0.1) is 7.11 Å². The van der Waals surface area contributed by atoms with Gasteiger partial charge in [0.2, 0.25) is 10.0 Å². The number of nitrogens with two attached hydrogens (primary N) is 1. The quantitative estimate of drug-likeness (QED) is 0.854. The van der Waals surface area contributed by atoms with Gasteiger partial charge in [-0.15, -0.1) is 0 Å².